The molecule has 2 N–H and O–H groups in total. The summed E-state index contributed by atoms with van der Waals surface area (Å²) >= 11 is 1.68. The van der Waals surface area contributed by atoms with Crippen molar-refractivity contribution in [3.05, 3.63) is 29.8 Å². The molecule has 1 aliphatic heterocycles. The van der Waals surface area contributed by atoms with Crippen molar-refractivity contribution in [3.8, 4) is 5.75 Å². The van der Waals surface area contributed by atoms with Crippen LogP contribution in [0.5, 0.6) is 5.75 Å². The lowest BCUT2D eigenvalue weighted by molar-refractivity contribution is 0.273. The second-order valence-corrected chi connectivity index (χ2v) is 5.64. The van der Waals surface area contributed by atoms with Crippen molar-refractivity contribution in [3.63, 3.8) is 0 Å². The van der Waals surface area contributed by atoms with Gasteiger partial charge in [0.15, 0.2) is 0 Å². The maximum absolute atomic E-state index is 5.68. The molecule has 20 heavy (non-hydrogen) atoms. The SMILES string of the molecule is NCCn1nnnc1SCC1CCOc2ccccc21. The number of benzene rings is 1. The van der Waals surface area contributed by atoms with Crippen molar-refractivity contribution in [2.75, 3.05) is 18.9 Å². The minimum Gasteiger partial charge on any atom is -0.493 e. The van der Waals surface area contributed by atoms with Crippen molar-refractivity contribution in [2.45, 2.75) is 24.0 Å². The number of aromatic nitrogens is 4. The van der Waals surface area contributed by atoms with Crippen molar-refractivity contribution in [2.24, 2.45) is 5.73 Å². The van der Waals surface area contributed by atoms with Crippen LogP contribution in [-0.4, -0.2) is 39.1 Å². The van der Waals surface area contributed by atoms with Gasteiger partial charge in [0.05, 0.1) is 13.2 Å². The molecule has 2 heterocycles. The molecule has 0 aliphatic carbocycles. The van der Waals surface area contributed by atoms with E-state index in [1.807, 2.05) is 12.1 Å². The first kappa shape index (κ1) is 13.4. The van der Waals surface area contributed by atoms with E-state index >= 15 is 0 Å². The van der Waals surface area contributed by atoms with Gasteiger partial charge in [0.25, 0.3) is 0 Å². The molecule has 1 unspecified atom stereocenters. The van der Waals surface area contributed by atoms with Crippen LogP contribution < -0.4 is 10.5 Å². The molecule has 0 fully saturated rings. The van der Waals surface area contributed by atoms with Gasteiger partial charge in [0.2, 0.25) is 5.16 Å². The van der Waals surface area contributed by atoms with E-state index in [4.69, 9.17) is 10.5 Å². The number of tetrazole rings is 1. The number of hydrogen-bond acceptors (Lipinski definition) is 6. The van der Waals surface area contributed by atoms with E-state index in [-0.39, 0.29) is 0 Å². The fourth-order valence-electron chi connectivity index (χ4n) is 2.33. The molecule has 106 valence electrons. The molecule has 1 atom stereocenters. The highest BCUT2D eigenvalue weighted by molar-refractivity contribution is 7.99. The Bertz CT molecular complexity index is 573. The lowest BCUT2D eigenvalue weighted by Gasteiger charge is -2.25. The van der Waals surface area contributed by atoms with E-state index in [1.54, 1.807) is 16.4 Å². The Morgan fingerprint density at radius 1 is 1.40 bits per heavy atom. The molecule has 0 bridgehead atoms. The number of ether oxygens (including phenoxy) is 1. The third-order valence-electron chi connectivity index (χ3n) is 3.34. The van der Waals surface area contributed by atoms with E-state index in [9.17, 15) is 0 Å². The molecule has 1 aromatic carbocycles. The summed E-state index contributed by atoms with van der Waals surface area (Å²) in [6, 6.07) is 8.24. The Kier molecular flexibility index (Phi) is 4.17. The first-order valence-electron chi connectivity index (χ1n) is 6.69. The summed E-state index contributed by atoms with van der Waals surface area (Å²) in [4.78, 5) is 0. The summed E-state index contributed by atoms with van der Waals surface area (Å²) in [7, 11) is 0. The fraction of sp³-hybridized carbons (Fsp3) is 0.462. The van der Waals surface area contributed by atoms with E-state index in [0.29, 0.717) is 19.0 Å². The predicted molar refractivity (Wildman–Crippen MR) is 76.9 cm³/mol. The van der Waals surface area contributed by atoms with Crippen molar-refractivity contribution < 1.29 is 4.74 Å². The van der Waals surface area contributed by atoms with E-state index in [1.165, 1.54) is 5.56 Å². The number of rotatable bonds is 5. The summed E-state index contributed by atoms with van der Waals surface area (Å²) in [6.45, 7) is 1.97. The van der Waals surface area contributed by atoms with Gasteiger partial charge in [-0.25, -0.2) is 4.68 Å². The van der Waals surface area contributed by atoms with Gasteiger partial charge in [-0.2, -0.15) is 0 Å². The average Bonchev–Trinajstić information content (AvgIpc) is 2.93. The molecular weight excluding hydrogens is 274 g/mol. The van der Waals surface area contributed by atoms with Crippen LogP contribution >= 0.6 is 11.8 Å². The molecule has 0 saturated carbocycles. The van der Waals surface area contributed by atoms with Crippen molar-refractivity contribution in [1.29, 1.82) is 0 Å². The molecule has 0 spiro atoms. The topological polar surface area (TPSA) is 78.9 Å². The van der Waals surface area contributed by atoms with Gasteiger partial charge in [-0.15, -0.1) is 5.10 Å². The molecule has 0 amide bonds. The van der Waals surface area contributed by atoms with Gasteiger partial charge in [-0.05, 0) is 28.5 Å². The molecular formula is C13H17N5OS. The average molecular weight is 291 g/mol. The van der Waals surface area contributed by atoms with E-state index < -0.39 is 0 Å². The van der Waals surface area contributed by atoms with Crippen LogP contribution in [-0.2, 0) is 6.54 Å². The number of nitrogens with zero attached hydrogens (tertiary/aromatic N) is 4. The maximum Gasteiger partial charge on any atom is 0.209 e. The van der Waals surface area contributed by atoms with Crippen LogP contribution in [0, 0.1) is 0 Å². The second kappa shape index (κ2) is 6.23. The fourth-order valence-corrected chi connectivity index (χ4v) is 3.39. The molecule has 1 aromatic heterocycles. The molecule has 3 rings (SSSR count). The van der Waals surface area contributed by atoms with Crippen LogP contribution in [0.2, 0.25) is 0 Å². The third kappa shape index (κ3) is 2.78. The molecule has 0 radical (unpaired) electrons. The van der Waals surface area contributed by atoms with Gasteiger partial charge >= 0.3 is 0 Å². The summed E-state index contributed by atoms with van der Waals surface area (Å²) in [6.07, 6.45) is 1.03. The number of nitrogens with two attached hydrogens (primary N) is 1. The Morgan fingerprint density at radius 3 is 3.20 bits per heavy atom. The van der Waals surface area contributed by atoms with Crippen LogP contribution in [0.25, 0.3) is 0 Å². The zero-order valence-electron chi connectivity index (χ0n) is 11.1. The summed E-state index contributed by atoms with van der Waals surface area (Å²) in [5.74, 6) is 2.43. The Morgan fingerprint density at radius 2 is 2.30 bits per heavy atom. The van der Waals surface area contributed by atoms with Gasteiger partial charge in [-0.1, -0.05) is 30.0 Å². The van der Waals surface area contributed by atoms with Crippen molar-refractivity contribution >= 4 is 11.8 Å². The zero-order chi connectivity index (χ0) is 13.8. The van der Waals surface area contributed by atoms with Crippen LogP contribution in [0.15, 0.2) is 29.4 Å². The molecule has 0 saturated heterocycles. The van der Waals surface area contributed by atoms with Crippen LogP contribution in [0.1, 0.15) is 17.9 Å². The first-order chi connectivity index (χ1) is 9.88. The largest absolute Gasteiger partial charge is 0.493 e. The Labute approximate surface area is 121 Å². The normalized spacial score (nSPS) is 17.6. The number of para-hydroxylation sites is 1. The quantitative estimate of drug-likeness (QED) is 0.836. The minimum atomic E-state index is 0.480. The standard InChI is InChI=1S/C13H17N5OS/c14-6-7-18-13(15-16-17-18)20-9-10-5-8-19-12-4-2-1-3-11(10)12/h1-4,10H,5-9,14H2. The van der Waals surface area contributed by atoms with Crippen LogP contribution in [0.3, 0.4) is 0 Å². The highest BCUT2D eigenvalue weighted by atomic mass is 32.2. The van der Waals surface area contributed by atoms with E-state index in [2.05, 4.69) is 27.7 Å². The minimum absolute atomic E-state index is 0.480. The molecule has 2 aromatic rings. The summed E-state index contributed by atoms with van der Waals surface area (Å²) in [5, 5.41) is 12.5. The number of hydrogen-bond donors (Lipinski definition) is 1. The summed E-state index contributed by atoms with van der Waals surface area (Å²) < 4.78 is 7.44. The van der Waals surface area contributed by atoms with Gasteiger partial charge in [-0.3, -0.25) is 0 Å². The Hall–Kier alpha value is -1.60. The highest BCUT2D eigenvalue weighted by Crippen LogP contribution is 2.36. The van der Waals surface area contributed by atoms with Gasteiger partial charge in [0, 0.05) is 18.2 Å². The monoisotopic (exact) mass is 291 g/mol. The lowest BCUT2D eigenvalue weighted by Crippen LogP contribution is -2.16. The Balaban J connectivity index is 1.69. The highest BCUT2D eigenvalue weighted by Gasteiger charge is 2.22. The molecule has 1 aliphatic rings. The smallest absolute Gasteiger partial charge is 0.209 e. The van der Waals surface area contributed by atoms with E-state index in [0.717, 1.165) is 29.7 Å². The molecule has 6 nitrogen and oxygen atoms in total. The number of fused-ring (bicyclic) bond motifs is 1. The van der Waals surface area contributed by atoms with Gasteiger partial charge in [0.1, 0.15) is 5.75 Å². The third-order valence-corrected chi connectivity index (χ3v) is 4.46. The summed E-state index contributed by atoms with van der Waals surface area (Å²) in [5.41, 5.74) is 6.83. The second-order valence-electron chi connectivity index (χ2n) is 4.66. The van der Waals surface area contributed by atoms with Gasteiger partial charge < -0.3 is 10.5 Å². The predicted octanol–water partition coefficient (Wildman–Crippen LogP) is 1.29. The van der Waals surface area contributed by atoms with Crippen molar-refractivity contribution in [1.82, 2.24) is 20.2 Å². The first-order valence-corrected chi connectivity index (χ1v) is 7.68. The van der Waals surface area contributed by atoms with Crippen LogP contribution in [0.4, 0.5) is 0 Å². The molecule has 7 heteroatoms. The zero-order valence-corrected chi connectivity index (χ0v) is 11.9. The number of thioether (sulfide) groups is 1. The lowest BCUT2D eigenvalue weighted by atomic mass is 9.95. The maximum atomic E-state index is 5.68.